The van der Waals surface area contributed by atoms with Crippen molar-refractivity contribution in [3.8, 4) is 0 Å². The number of allylic oxidation sites excluding steroid dienone is 7. The first-order chi connectivity index (χ1) is 25.7. The second-order valence-corrected chi connectivity index (χ2v) is 16.9. The minimum Gasteiger partial charge on any atom is -0.744 e. The van der Waals surface area contributed by atoms with Crippen LogP contribution in [0.1, 0.15) is 51.7 Å². The molecule has 3 aliphatic rings. The Balaban J connectivity index is 0.00000514. The number of benzene rings is 4. The summed E-state index contributed by atoms with van der Waals surface area (Å²) in [4.78, 5) is 4.96. The van der Waals surface area contributed by atoms with Crippen molar-refractivity contribution in [3.63, 3.8) is 0 Å². The van der Waals surface area contributed by atoms with Crippen LogP contribution in [-0.2, 0) is 30.3 Å². The predicted octanol–water partition coefficient (Wildman–Crippen LogP) is 5.51. The Morgan fingerprint density at radius 2 is 1.49 bits per heavy atom. The molecule has 4 aromatic rings. The first-order valence-corrected chi connectivity index (χ1v) is 19.8. The molecule has 0 saturated carbocycles. The molecule has 278 valence electrons. The van der Waals surface area contributed by atoms with Gasteiger partial charge in [0.2, 0.25) is 5.69 Å². The van der Waals surface area contributed by atoms with Crippen molar-refractivity contribution >= 4 is 50.6 Å². The zero-order chi connectivity index (χ0) is 38.4. The van der Waals surface area contributed by atoms with Gasteiger partial charge in [0.1, 0.15) is 17.2 Å². The Morgan fingerprint density at radius 1 is 0.836 bits per heavy atom. The summed E-state index contributed by atoms with van der Waals surface area (Å²) in [7, 11) is -0.545. The maximum absolute atomic E-state index is 11.9. The van der Waals surface area contributed by atoms with Gasteiger partial charge >= 0.3 is 51.4 Å². The molecule has 2 aliphatic heterocycles. The van der Waals surface area contributed by atoms with Crippen LogP contribution >= 0.6 is 12.0 Å². The van der Waals surface area contributed by atoms with E-state index in [-0.39, 0.29) is 61.7 Å². The van der Waals surface area contributed by atoms with Crippen LogP contribution in [0, 0.1) is 0 Å². The van der Waals surface area contributed by atoms with Gasteiger partial charge in [0.25, 0.3) is 0 Å². The van der Waals surface area contributed by atoms with E-state index >= 15 is 0 Å². The number of rotatable bonds is 10. The van der Waals surface area contributed by atoms with E-state index in [1.54, 1.807) is 6.07 Å². The molecule has 0 unspecified atom stereocenters. The SMILES string of the molecule is CN1C(=CC=C2CCC(C=CC3=[N+](C)c4ccc(SOO[O-])cc4C3(C)C)=C2N(c2ccccc2)c2ccccc2)C(C)(C)c2cc(S(=O)(=O)[O-])ccc21.[K+]. The van der Waals surface area contributed by atoms with Crippen molar-refractivity contribution in [3.05, 3.63) is 155 Å². The quantitative estimate of drug-likeness (QED) is 0.0513. The molecule has 9 nitrogen and oxygen atoms in total. The van der Waals surface area contributed by atoms with Crippen LogP contribution in [0.5, 0.6) is 0 Å². The summed E-state index contributed by atoms with van der Waals surface area (Å²) in [5, 5.41) is 14.1. The van der Waals surface area contributed by atoms with Crippen molar-refractivity contribution in [2.45, 2.75) is 61.2 Å². The van der Waals surface area contributed by atoms with E-state index in [9.17, 15) is 18.2 Å². The summed E-state index contributed by atoms with van der Waals surface area (Å²) in [6.45, 7) is 8.51. The van der Waals surface area contributed by atoms with Crippen molar-refractivity contribution < 1.29 is 83.6 Å². The average Bonchev–Trinajstić information content (AvgIpc) is 3.70. The number of fused-ring (bicyclic) bond motifs is 2. The number of hydrogen-bond donors (Lipinski definition) is 0. The van der Waals surface area contributed by atoms with Crippen molar-refractivity contribution in [1.29, 1.82) is 0 Å². The van der Waals surface area contributed by atoms with Gasteiger partial charge in [-0.1, -0.05) is 62.4 Å². The van der Waals surface area contributed by atoms with Crippen LogP contribution in [0.4, 0.5) is 22.7 Å². The molecule has 12 heteroatoms. The molecule has 1 aliphatic carbocycles. The third-order valence-electron chi connectivity index (χ3n) is 10.9. The van der Waals surface area contributed by atoms with Gasteiger partial charge in [0.15, 0.2) is 5.71 Å². The first kappa shape index (κ1) is 41.5. The Bertz CT molecular complexity index is 2350. The van der Waals surface area contributed by atoms with E-state index < -0.39 is 15.5 Å². The molecular formula is C43H42KN3O6S2. The molecule has 0 bridgehead atoms. The molecule has 0 atom stereocenters. The molecule has 4 aromatic carbocycles. The number of likely N-dealkylation sites (N-methyl/N-ethyl adjacent to an activating group) is 1. The van der Waals surface area contributed by atoms with E-state index in [2.05, 4.69) is 131 Å². The molecule has 0 N–H and O–H groups in total. The summed E-state index contributed by atoms with van der Waals surface area (Å²) >= 11 is 0.890. The molecule has 0 fully saturated rings. The fourth-order valence-electron chi connectivity index (χ4n) is 8.14. The van der Waals surface area contributed by atoms with Crippen molar-refractivity contribution in [2.24, 2.45) is 0 Å². The predicted molar refractivity (Wildman–Crippen MR) is 211 cm³/mol. The monoisotopic (exact) mass is 799 g/mol. The Hall–Kier alpha value is -3.11. The largest absolute Gasteiger partial charge is 1.00 e. The third kappa shape index (κ3) is 7.92. The van der Waals surface area contributed by atoms with Crippen LogP contribution in [0.2, 0.25) is 0 Å². The van der Waals surface area contributed by atoms with Gasteiger partial charge in [0.05, 0.1) is 28.1 Å². The summed E-state index contributed by atoms with van der Waals surface area (Å²) in [6, 6.07) is 31.4. The smallest absolute Gasteiger partial charge is 0.744 e. The minimum absolute atomic E-state index is 0. The molecule has 55 heavy (non-hydrogen) atoms. The average molecular weight is 800 g/mol. The molecular weight excluding hydrogens is 758 g/mol. The van der Waals surface area contributed by atoms with Gasteiger partial charge in [0, 0.05) is 57.8 Å². The van der Waals surface area contributed by atoms with Crippen molar-refractivity contribution in [1.82, 2.24) is 0 Å². The maximum Gasteiger partial charge on any atom is 1.00 e. The molecule has 0 amide bonds. The Kier molecular flexibility index (Phi) is 12.4. The van der Waals surface area contributed by atoms with Crippen molar-refractivity contribution in [2.75, 3.05) is 23.9 Å². The molecule has 7 rings (SSSR count). The molecule has 2 heterocycles. The number of hydrogen-bond acceptors (Lipinski definition) is 9. The van der Waals surface area contributed by atoms with E-state index in [1.165, 1.54) is 17.7 Å². The number of anilines is 3. The van der Waals surface area contributed by atoms with E-state index in [0.717, 1.165) is 86.3 Å². The normalized spacial score (nSPS) is 18.7. The summed E-state index contributed by atoms with van der Waals surface area (Å²) in [5.41, 5.74) is 10.6. The summed E-state index contributed by atoms with van der Waals surface area (Å²) < 4.78 is 42.6. The fraction of sp³-hybridized carbons (Fsp3) is 0.233. The van der Waals surface area contributed by atoms with E-state index in [4.69, 9.17) is 0 Å². The maximum atomic E-state index is 11.9. The van der Waals surface area contributed by atoms with E-state index in [1.807, 2.05) is 37.4 Å². The van der Waals surface area contributed by atoms with Crippen LogP contribution < -0.4 is 66.4 Å². The zero-order valence-electron chi connectivity index (χ0n) is 32.1. The van der Waals surface area contributed by atoms with Gasteiger partial charge in [-0.05, 0) is 104 Å². The standard InChI is InChI=1S/C43H43N3O6S2.K/c1-42(2)35-27-33(53-52-51-47)21-23-37(35)44(5)39(42)25-19-29-17-18-30(41(29)46(31-13-9-7-10-14-31)32-15-11-8-12-16-32)20-26-40-43(3,4)36-28-34(54(48,49)50)22-24-38(36)45(40)6;/h7-16,19-28H,17-18H2,1-6H3,(H-,47,48,49,50);/q;+1/p-1. The molecule has 0 saturated heterocycles. The number of para-hydroxylation sites is 2. The Morgan fingerprint density at radius 3 is 2.11 bits per heavy atom. The molecule has 0 radical (unpaired) electrons. The van der Waals surface area contributed by atoms with Crippen LogP contribution in [0.15, 0.2) is 154 Å². The second kappa shape index (κ2) is 16.4. The third-order valence-corrected chi connectivity index (χ3v) is 12.3. The second-order valence-electron chi connectivity index (χ2n) is 14.7. The van der Waals surface area contributed by atoms with Gasteiger partial charge in [-0.15, -0.1) is 0 Å². The van der Waals surface area contributed by atoms with E-state index in [0.29, 0.717) is 0 Å². The van der Waals surface area contributed by atoms with Gasteiger partial charge in [-0.25, -0.2) is 8.42 Å². The van der Waals surface area contributed by atoms with Gasteiger partial charge in [-0.3, -0.25) is 5.04 Å². The zero-order valence-corrected chi connectivity index (χ0v) is 36.8. The number of nitrogens with zero attached hydrogens (tertiary/aromatic N) is 3. The van der Waals surface area contributed by atoms with Crippen LogP contribution in [0.3, 0.4) is 0 Å². The summed E-state index contributed by atoms with van der Waals surface area (Å²) in [5.74, 6) is 0. The minimum atomic E-state index is -4.60. The van der Waals surface area contributed by atoms with Crippen LogP contribution in [-0.4, -0.2) is 37.4 Å². The molecule has 0 spiro atoms. The van der Waals surface area contributed by atoms with Crippen LogP contribution in [0.25, 0.3) is 0 Å². The van der Waals surface area contributed by atoms with Gasteiger partial charge in [-0.2, -0.15) is 8.91 Å². The first-order valence-electron chi connectivity index (χ1n) is 17.7. The fourth-order valence-corrected chi connectivity index (χ4v) is 9.03. The van der Waals surface area contributed by atoms with Gasteiger partial charge < -0.3 is 19.6 Å². The topological polar surface area (TPSA) is 108 Å². The Labute approximate surface area is 370 Å². The summed E-state index contributed by atoms with van der Waals surface area (Å²) in [6.07, 6.45) is 10.4. The molecule has 0 aromatic heterocycles.